The van der Waals surface area contributed by atoms with Gasteiger partial charge in [0, 0.05) is 49.3 Å². The van der Waals surface area contributed by atoms with E-state index in [1.807, 2.05) is 32.4 Å². The Balaban J connectivity index is 2.04. The highest BCUT2D eigenvalue weighted by atomic mass is 16.3. The number of benzene rings is 1. The first-order valence-corrected chi connectivity index (χ1v) is 9.43. The number of aromatic nitrogens is 1. The number of fused-ring (bicyclic) bond motifs is 1. The first-order valence-electron chi connectivity index (χ1n) is 9.43. The number of aryl methyl sites for hydroxylation is 1. The van der Waals surface area contributed by atoms with Crippen molar-refractivity contribution in [1.29, 1.82) is 0 Å². The lowest BCUT2D eigenvalue weighted by Gasteiger charge is -2.29. The number of carbonyl (C=O) groups excluding carboxylic acids is 2. The first kappa shape index (κ1) is 19.2. The summed E-state index contributed by atoms with van der Waals surface area (Å²) in [5, 5.41) is 10.6. The minimum atomic E-state index is -0.542. The van der Waals surface area contributed by atoms with E-state index >= 15 is 0 Å². The van der Waals surface area contributed by atoms with Gasteiger partial charge in [0.05, 0.1) is 5.56 Å². The van der Waals surface area contributed by atoms with Gasteiger partial charge in [-0.05, 0) is 45.4 Å². The van der Waals surface area contributed by atoms with Crippen LogP contribution in [-0.4, -0.2) is 63.0 Å². The third kappa shape index (κ3) is 3.16. The monoisotopic (exact) mass is 372 g/mol. The molecule has 7 heteroatoms. The van der Waals surface area contributed by atoms with Crippen molar-refractivity contribution in [2.45, 2.75) is 39.3 Å². The van der Waals surface area contributed by atoms with Crippen LogP contribution in [0.1, 0.15) is 36.3 Å². The summed E-state index contributed by atoms with van der Waals surface area (Å²) in [5.74, 6) is -0.153. The Hall–Kier alpha value is -2.54. The topological polar surface area (TPSA) is 91.8 Å². The van der Waals surface area contributed by atoms with E-state index in [1.54, 1.807) is 28.0 Å². The van der Waals surface area contributed by atoms with Gasteiger partial charge in [-0.25, -0.2) is 0 Å². The van der Waals surface area contributed by atoms with E-state index in [9.17, 15) is 14.7 Å². The van der Waals surface area contributed by atoms with Gasteiger partial charge in [-0.2, -0.15) is 0 Å². The van der Waals surface area contributed by atoms with Gasteiger partial charge in [-0.3, -0.25) is 9.59 Å². The summed E-state index contributed by atoms with van der Waals surface area (Å²) >= 11 is 0. The maximum atomic E-state index is 13.5. The number of hydrogen-bond acceptors (Lipinski definition) is 4. The number of carbonyl (C=O) groups is 2. The molecule has 0 spiro atoms. The number of likely N-dealkylation sites (N-methyl/N-ethyl adjacent to an activating group) is 1. The first-order chi connectivity index (χ1) is 12.8. The Morgan fingerprint density at radius 1 is 1.30 bits per heavy atom. The molecule has 7 nitrogen and oxygen atoms in total. The van der Waals surface area contributed by atoms with E-state index in [0.717, 1.165) is 11.2 Å². The van der Waals surface area contributed by atoms with Crippen LogP contribution in [0.4, 0.5) is 0 Å². The zero-order valence-electron chi connectivity index (χ0n) is 16.4. The molecule has 2 amide bonds. The number of hydrogen-bond donors (Lipinski definition) is 2. The molecule has 1 aliphatic heterocycles. The zero-order chi connectivity index (χ0) is 19.9. The number of rotatable bonds is 4. The van der Waals surface area contributed by atoms with E-state index in [4.69, 9.17) is 5.73 Å². The molecular weight excluding hydrogens is 344 g/mol. The third-order valence-electron chi connectivity index (χ3n) is 5.64. The molecule has 1 fully saturated rings. The summed E-state index contributed by atoms with van der Waals surface area (Å²) in [6.45, 7) is 7.29. The van der Waals surface area contributed by atoms with Crippen molar-refractivity contribution in [3.63, 3.8) is 0 Å². The van der Waals surface area contributed by atoms with Crippen LogP contribution in [-0.2, 0) is 11.8 Å². The number of phenolic OH excluding ortho intramolecular Hbond substituents is 1. The molecule has 1 aromatic carbocycles. The Labute approximate surface area is 159 Å². The Bertz CT molecular complexity index is 885. The molecule has 1 aromatic heterocycles. The van der Waals surface area contributed by atoms with E-state index in [2.05, 4.69) is 0 Å². The Morgan fingerprint density at radius 3 is 2.59 bits per heavy atom. The van der Waals surface area contributed by atoms with Gasteiger partial charge >= 0.3 is 0 Å². The fraction of sp³-hybridized carbons (Fsp3) is 0.500. The van der Waals surface area contributed by atoms with E-state index in [0.29, 0.717) is 37.0 Å². The summed E-state index contributed by atoms with van der Waals surface area (Å²) in [4.78, 5) is 29.8. The molecular formula is C20H28N4O3. The second kappa shape index (κ2) is 7.23. The van der Waals surface area contributed by atoms with E-state index in [1.165, 1.54) is 0 Å². The highest BCUT2D eigenvalue weighted by Gasteiger charge is 2.41. The van der Waals surface area contributed by atoms with Crippen molar-refractivity contribution in [2.75, 3.05) is 19.6 Å². The van der Waals surface area contributed by atoms with Crippen LogP contribution >= 0.6 is 0 Å². The molecule has 2 atom stereocenters. The molecule has 2 aromatic rings. The van der Waals surface area contributed by atoms with E-state index in [-0.39, 0.29) is 23.6 Å². The summed E-state index contributed by atoms with van der Waals surface area (Å²) in [7, 11) is 1.89. The minimum absolute atomic E-state index is 0.0537. The van der Waals surface area contributed by atoms with Crippen molar-refractivity contribution in [3.8, 4) is 5.75 Å². The molecule has 3 rings (SSSR count). The fourth-order valence-corrected chi connectivity index (χ4v) is 4.05. The van der Waals surface area contributed by atoms with Gasteiger partial charge in [0.25, 0.3) is 5.91 Å². The van der Waals surface area contributed by atoms with Crippen LogP contribution in [0.2, 0.25) is 0 Å². The van der Waals surface area contributed by atoms with Gasteiger partial charge < -0.3 is 25.2 Å². The number of likely N-dealkylation sites (tertiary alicyclic amines) is 1. The Morgan fingerprint density at radius 2 is 1.96 bits per heavy atom. The van der Waals surface area contributed by atoms with Crippen LogP contribution in [0.25, 0.3) is 10.9 Å². The molecule has 3 N–H and O–H groups in total. The maximum absolute atomic E-state index is 13.5. The van der Waals surface area contributed by atoms with Crippen LogP contribution in [0.3, 0.4) is 0 Å². The predicted octanol–water partition coefficient (Wildman–Crippen LogP) is 1.60. The standard InChI is InChI=1S/C20H28N4O3/c1-5-23(6-2)19(26)17-9-13(21)11-24(17)20(27)18-12(3)22(4)16-8-7-14(25)10-15(16)18/h7-8,10,13,17,25H,5-6,9,11,21H2,1-4H3. The highest BCUT2D eigenvalue weighted by Crippen LogP contribution is 2.31. The summed E-state index contributed by atoms with van der Waals surface area (Å²) < 4.78 is 1.93. The molecule has 0 radical (unpaired) electrons. The number of nitrogens with two attached hydrogens (primary N) is 1. The Kier molecular flexibility index (Phi) is 5.15. The quantitative estimate of drug-likeness (QED) is 0.853. The normalized spacial score (nSPS) is 19.7. The smallest absolute Gasteiger partial charge is 0.257 e. The molecule has 0 saturated carbocycles. The predicted molar refractivity (Wildman–Crippen MR) is 105 cm³/mol. The number of phenols is 1. The van der Waals surface area contributed by atoms with Crippen LogP contribution in [0.15, 0.2) is 18.2 Å². The SMILES string of the molecule is CCN(CC)C(=O)C1CC(N)CN1C(=O)c1c(C)n(C)c2ccc(O)cc12. The molecule has 0 bridgehead atoms. The molecule has 2 heterocycles. The molecule has 146 valence electrons. The number of aromatic hydroxyl groups is 1. The molecule has 1 saturated heterocycles. The van der Waals surface area contributed by atoms with Gasteiger partial charge in [-0.1, -0.05) is 0 Å². The van der Waals surface area contributed by atoms with Gasteiger partial charge in [-0.15, -0.1) is 0 Å². The largest absolute Gasteiger partial charge is 0.508 e. The molecule has 2 unspecified atom stereocenters. The van der Waals surface area contributed by atoms with Gasteiger partial charge in [0.2, 0.25) is 5.91 Å². The zero-order valence-corrected chi connectivity index (χ0v) is 16.4. The lowest BCUT2D eigenvalue weighted by Crippen LogP contribution is -2.47. The average Bonchev–Trinajstić information content (AvgIpc) is 3.14. The average molecular weight is 372 g/mol. The van der Waals surface area contributed by atoms with Crippen LogP contribution in [0.5, 0.6) is 5.75 Å². The van der Waals surface area contributed by atoms with E-state index < -0.39 is 6.04 Å². The van der Waals surface area contributed by atoms with Crippen LogP contribution in [0, 0.1) is 6.92 Å². The second-order valence-corrected chi connectivity index (χ2v) is 7.20. The molecule has 27 heavy (non-hydrogen) atoms. The number of nitrogens with zero attached hydrogens (tertiary/aromatic N) is 3. The lowest BCUT2D eigenvalue weighted by atomic mass is 10.1. The maximum Gasteiger partial charge on any atom is 0.257 e. The minimum Gasteiger partial charge on any atom is -0.508 e. The molecule has 1 aliphatic rings. The van der Waals surface area contributed by atoms with Crippen molar-refractivity contribution >= 4 is 22.7 Å². The van der Waals surface area contributed by atoms with Crippen molar-refractivity contribution in [2.24, 2.45) is 12.8 Å². The van der Waals surface area contributed by atoms with Gasteiger partial charge in [0.15, 0.2) is 0 Å². The second-order valence-electron chi connectivity index (χ2n) is 7.20. The van der Waals surface area contributed by atoms with Crippen molar-refractivity contribution in [1.82, 2.24) is 14.4 Å². The highest BCUT2D eigenvalue weighted by molar-refractivity contribution is 6.10. The summed E-state index contributed by atoms with van der Waals surface area (Å²) in [6, 6.07) is 4.24. The fourth-order valence-electron chi connectivity index (χ4n) is 4.05. The van der Waals surface area contributed by atoms with Crippen molar-refractivity contribution < 1.29 is 14.7 Å². The number of amides is 2. The third-order valence-corrected chi connectivity index (χ3v) is 5.64. The lowest BCUT2D eigenvalue weighted by molar-refractivity contribution is -0.134. The van der Waals surface area contributed by atoms with Crippen LogP contribution < -0.4 is 5.73 Å². The summed E-state index contributed by atoms with van der Waals surface area (Å²) in [6.07, 6.45) is 0.468. The molecule has 0 aliphatic carbocycles. The summed E-state index contributed by atoms with van der Waals surface area (Å²) in [5.41, 5.74) is 8.31. The van der Waals surface area contributed by atoms with Gasteiger partial charge in [0.1, 0.15) is 11.8 Å². The van der Waals surface area contributed by atoms with Crippen molar-refractivity contribution in [3.05, 3.63) is 29.5 Å².